The Balaban J connectivity index is 1.39. The van der Waals surface area contributed by atoms with Gasteiger partial charge >= 0.3 is 0 Å². The van der Waals surface area contributed by atoms with Gasteiger partial charge in [0.05, 0.1) is 27.2 Å². The maximum Gasteiger partial charge on any atom is 0.282 e. The molecule has 5 rings (SSSR count). The molecule has 1 aromatic heterocycles. The van der Waals surface area contributed by atoms with Gasteiger partial charge in [-0.05, 0) is 66.9 Å². The van der Waals surface area contributed by atoms with Gasteiger partial charge in [-0.25, -0.2) is 9.37 Å². The van der Waals surface area contributed by atoms with Gasteiger partial charge in [-0.2, -0.15) is 9.78 Å². The van der Waals surface area contributed by atoms with Crippen molar-refractivity contribution >= 4 is 67.8 Å². The number of amides is 1. The zero-order valence-electron chi connectivity index (χ0n) is 21.2. The van der Waals surface area contributed by atoms with E-state index in [4.69, 9.17) is 32.9 Å². The molecule has 3 aromatic carbocycles. The Morgan fingerprint density at radius 3 is 2.60 bits per heavy atom. The summed E-state index contributed by atoms with van der Waals surface area (Å²) in [6.45, 7) is -0.387. The number of nitrogens with zero attached hydrogens (tertiary/aromatic N) is 3. The number of hydrogen-bond acceptors (Lipinski definition) is 5. The molecule has 11 heteroatoms. The van der Waals surface area contributed by atoms with Crippen molar-refractivity contribution in [1.29, 1.82) is 0 Å². The van der Waals surface area contributed by atoms with E-state index in [1.165, 1.54) is 35.5 Å². The van der Waals surface area contributed by atoms with E-state index in [0.29, 0.717) is 28.0 Å². The quantitative estimate of drug-likeness (QED) is 0.210. The number of anilines is 1. The Hall–Kier alpha value is -3.27. The number of rotatable bonds is 7. The molecule has 0 spiro atoms. The summed E-state index contributed by atoms with van der Waals surface area (Å²) in [4.78, 5) is 30.6. The van der Waals surface area contributed by atoms with Gasteiger partial charge in [0.15, 0.2) is 12.4 Å². The average Bonchev–Trinajstić information content (AvgIpc) is 2.93. The molecule has 1 heterocycles. The minimum absolute atomic E-state index is 0.118. The first-order valence-corrected chi connectivity index (χ1v) is 14.3. The van der Waals surface area contributed by atoms with Gasteiger partial charge in [0.1, 0.15) is 11.6 Å². The Morgan fingerprint density at radius 1 is 1.12 bits per heavy atom. The highest BCUT2D eigenvalue weighted by molar-refractivity contribution is 9.10. The summed E-state index contributed by atoms with van der Waals surface area (Å²) in [7, 11) is 0. The summed E-state index contributed by atoms with van der Waals surface area (Å²) in [5.74, 6) is -0.0894. The molecule has 1 amide bonds. The molecule has 0 unspecified atom stereocenters. The number of fused-ring (bicyclic) bond motifs is 1. The normalized spacial score (nSPS) is 14.1. The Labute approximate surface area is 248 Å². The lowest BCUT2D eigenvalue weighted by Crippen LogP contribution is -2.25. The zero-order valence-corrected chi connectivity index (χ0v) is 24.3. The van der Waals surface area contributed by atoms with Crippen molar-refractivity contribution in [3.8, 4) is 5.75 Å². The highest BCUT2D eigenvalue weighted by Crippen LogP contribution is 2.34. The third kappa shape index (κ3) is 6.54. The van der Waals surface area contributed by atoms with Crippen LogP contribution < -0.4 is 15.6 Å². The van der Waals surface area contributed by atoms with E-state index in [2.05, 4.69) is 26.3 Å². The molecule has 1 aliphatic rings. The predicted molar refractivity (Wildman–Crippen MR) is 160 cm³/mol. The van der Waals surface area contributed by atoms with Crippen LogP contribution in [0.3, 0.4) is 0 Å². The van der Waals surface area contributed by atoms with E-state index in [1.54, 1.807) is 24.3 Å². The van der Waals surface area contributed by atoms with Crippen LogP contribution in [-0.4, -0.2) is 28.4 Å². The van der Waals surface area contributed by atoms with Crippen molar-refractivity contribution in [2.45, 2.75) is 38.0 Å². The van der Waals surface area contributed by atoms with Crippen LogP contribution in [0.5, 0.6) is 5.75 Å². The van der Waals surface area contributed by atoms with Crippen LogP contribution in [0.2, 0.25) is 10.0 Å². The molecule has 0 bridgehead atoms. The summed E-state index contributed by atoms with van der Waals surface area (Å²) < 4.78 is 21.0. The standard InChI is InChI=1S/C29H24BrCl2FN4O3/c30-19-9-10-25-22(13-19)29(39)37(28(36-25)18-5-2-1-3-6-18)34-15-17-11-23(31)27(24(32)12-17)40-16-26(38)35-21-8-4-7-20(33)14-21/h4,7-15,18H,1-3,5-6,16H2,(H,35,38). The largest absolute Gasteiger partial charge is 0.481 e. The highest BCUT2D eigenvalue weighted by atomic mass is 79.9. The van der Waals surface area contributed by atoms with E-state index < -0.39 is 11.7 Å². The number of nitrogens with one attached hydrogen (secondary N) is 1. The van der Waals surface area contributed by atoms with Gasteiger partial charge in [0.25, 0.3) is 11.5 Å². The molecule has 1 N–H and O–H groups in total. The number of hydrogen-bond donors (Lipinski definition) is 1. The van der Waals surface area contributed by atoms with Crippen molar-refractivity contribution in [3.05, 3.63) is 96.7 Å². The summed E-state index contributed by atoms with van der Waals surface area (Å²) in [6.07, 6.45) is 6.71. The molecule has 7 nitrogen and oxygen atoms in total. The smallest absolute Gasteiger partial charge is 0.282 e. The fourth-order valence-corrected chi connectivity index (χ4v) is 5.69. The van der Waals surface area contributed by atoms with Gasteiger partial charge in [-0.15, -0.1) is 0 Å². The van der Waals surface area contributed by atoms with E-state index in [0.717, 1.165) is 30.2 Å². The van der Waals surface area contributed by atoms with Crippen LogP contribution in [0, 0.1) is 5.82 Å². The molecule has 0 aliphatic heterocycles. The number of carbonyl (C=O) groups excluding carboxylic acids is 1. The van der Waals surface area contributed by atoms with E-state index in [9.17, 15) is 14.0 Å². The molecule has 0 atom stereocenters. The number of halogens is 4. The maximum atomic E-state index is 13.5. The van der Waals surface area contributed by atoms with Crippen LogP contribution >= 0.6 is 39.1 Å². The molecular formula is C29H24BrCl2FN4O3. The van der Waals surface area contributed by atoms with Crippen LogP contribution in [0.25, 0.3) is 10.9 Å². The minimum Gasteiger partial charge on any atom is -0.481 e. The monoisotopic (exact) mass is 644 g/mol. The van der Waals surface area contributed by atoms with E-state index in [1.807, 2.05) is 12.1 Å². The maximum absolute atomic E-state index is 13.5. The fraction of sp³-hybridized carbons (Fsp3) is 0.241. The van der Waals surface area contributed by atoms with Crippen molar-refractivity contribution in [3.63, 3.8) is 0 Å². The Kier molecular flexibility index (Phi) is 8.83. The van der Waals surface area contributed by atoms with Gasteiger partial charge in [-0.3, -0.25) is 9.59 Å². The van der Waals surface area contributed by atoms with Gasteiger partial charge in [0.2, 0.25) is 0 Å². The highest BCUT2D eigenvalue weighted by Gasteiger charge is 2.22. The van der Waals surface area contributed by atoms with Gasteiger partial charge in [0, 0.05) is 16.1 Å². The number of carbonyl (C=O) groups is 1. The molecule has 40 heavy (non-hydrogen) atoms. The topological polar surface area (TPSA) is 85.6 Å². The molecule has 1 fully saturated rings. The second kappa shape index (κ2) is 12.5. The number of ether oxygens (including phenoxy) is 1. The Morgan fingerprint density at radius 2 is 1.88 bits per heavy atom. The Bertz CT molecular complexity index is 1650. The molecule has 206 valence electrons. The van der Waals surface area contributed by atoms with Crippen LogP contribution in [0.4, 0.5) is 10.1 Å². The molecular weight excluding hydrogens is 622 g/mol. The van der Waals surface area contributed by atoms with Gasteiger partial charge in [-0.1, -0.05) is 64.5 Å². The van der Waals surface area contributed by atoms with E-state index >= 15 is 0 Å². The number of benzene rings is 3. The van der Waals surface area contributed by atoms with Crippen LogP contribution in [0.1, 0.15) is 49.4 Å². The first kappa shape index (κ1) is 28.3. The predicted octanol–water partition coefficient (Wildman–Crippen LogP) is 7.55. The van der Waals surface area contributed by atoms with Crippen molar-refractivity contribution in [1.82, 2.24) is 9.66 Å². The third-order valence-electron chi connectivity index (χ3n) is 6.60. The molecule has 4 aromatic rings. The lowest BCUT2D eigenvalue weighted by Gasteiger charge is -2.22. The second-order valence-corrected chi connectivity index (χ2v) is 11.2. The van der Waals surface area contributed by atoms with Gasteiger partial charge < -0.3 is 10.1 Å². The van der Waals surface area contributed by atoms with Crippen molar-refractivity contribution in [2.24, 2.45) is 5.10 Å². The molecule has 0 saturated heterocycles. The summed E-state index contributed by atoms with van der Waals surface area (Å²) in [5, 5.41) is 7.84. The number of aromatic nitrogens is 2. The minimum atomic E-state index is -0.506. The average molecular weight is 646 g/mol. The summed E-state index contributed by atoms with van der Waals surface area (Å²) in [6, 6.07) is 14.1. The SMILES string of the molecule is O=C(COc1c(Cl)cc(C=Nn2c(C3CCCCC3)nc3ccc(Br)cc3c2=O)cc1Cl)Nc1cccc(F)c1. The van der Waals surface area contributed by atoms with Crippen LogP contribution in [-0.2, 0) is 4.79 Å². The second-order valence-electron chi connectivity index (χ2n) is 9.49. The first-order valence-electron chi connectivity index (χ1n) is 12.7. The first-order chi connectivity index (χ1) is 19.3. The third-order valence-corrected chi connectivity index (χ3v) is 7.66. The fourth-order valence-electron chi connectivity index (χ4n) is 4.72. The summed E-state index contributed by atoms with van der Waals surface area (Å²) in [5.41, 5.74) is 1.21. The summed E-state index contributed by atoms with van der Waals surface area (Å²) >= 11 is 16.3. The molecule has 1 aliphatic carbocycles. The molecule has 0 radical (unpaired) electrons. The molecule has 1 saturated carbocycles. The zero-order chi connectivity index (χ0) is 28.2. The van der Waals surface area contributed by atoms with Crippen molar-refractivity contribution < 1.29 is 13.9 Å². The van der Waals surface area contributed by atoms with Crippen LogP contribution in [0.15, 0.2) is 69.0 Å². The lowest BCUT2D eigenvalue weighted by atomic mass is 9.88. The lowest BCUT2D eigenvalue weighted by molar-refractivity contribution is -0.118. The van der Waals surface area contributed by atoms with E-state index in [-0.39, 0.29) is 33.9 Å². The van der Waals surface area contributed by atoms with Crippen molar-refractivity contribution in [2.75, 3.05) is 11.9 Å².